The van der Waals surface area contributed by atoms with Gasteiger partial charge in [0.2, 0.25) is 5.91 Å². The number of nitrogens with one attached hydrogen (secondary N) is 2. The Morgan fingerprint density at radius 3 is 1.47 bits per heavy atom. The molecule has 0 aliphatic carbocycles. The standard InChI is InChI=1S/C12H19NO2.C11H18N2O.C10H15N3O.C10H17NO.2C9H14N2O/c1-10(2)5-6-12(4)9-13(11(3)14)7-8-15-12;1-9(2)10-7-12-13(8-10)11-3-5-14-6-4-11;1-8(2)5-6-10(3,4)13-7-11-12-9(13)14;1-9(2)4-5-10(3)8-11-6-7-12-10;2*1-7(2)8-3-10-11(4-8)9-5-12-6-9/h10H,7-9H2,1-4H3;7-9,11H,3-6H2,1-2H3;7-8H,1-4H3,(H,12,14);9,11H,6-8H2,1-3H3;2*3-4,7,9H,5-6H2,1-2H3/t12-;;;;;/m1...../s1. The molecule has 4 aromatic rings. The number of carbonyl (C=O) groups excluding carboxylic acids is 1. The molecular formula is C61H97N11O7. The molecule has 18 heteroatoms. The SMILES string of the molecule is CC(=O)N1CCO[C@](C)(C#CC(C)C)C1.CC(C)C#CC(C)(C)n1cn[nH]c1=O.CC(C)C#CC1(C)CNCCO1.CC(C)c1cnn(C2CCOCC2)c1.CC(C)c1cnn(C2COC2)c1.CC(C)c1cnn(C2COC2)c1. The molecule has 18 nitrogen and oxygen atoms in total. The molecule has 5 aliphatic rings. The summed E-state index contributed by atoms with van der Waals surface area (Å²) in [5, 5.41) is 22.3. The van der Waals surface area contributed by atoms with Crippen molar-refractivity contribution in [1.29, 1.82) is 0 Å². The average molecular weight is 1100 g/mol. The van der Waals surface area contributed by atoms with Gasteiger partial charge in [-0.2, -0.15) is 20.4 Å². The molecule has 1 amide bonds. The van der Waals surface area contributed by atoms with Crippen LogP contribution in [0, 0.1) is 53.3 Å². The van der Waals surface area contributed by atoms with Gasteiger partial charge >= 0.3 is 5.69 Å². The van der Waals surface area contributed by atoms with E-state index in [1.54, 1.807) is 11.8 Å². The number of carbonyl (C=O) groups is 1. The molecule has 0 spiro atoms. The molecule has 9 heterocycles. The molecule has 0 saturated carbocycles. The zero-order valence-corrected chi connectivity index (χ0v) is 51.0. The van der Waals surface area contributed by atoms with Gasteiger partial charge in [-0.05, 0) is 75.0 Å². The van der Waals surface area contributed by atoms with E-state index >= 15 is 0 Å². The molecule has 438 valence electrons. The highest BCUT2D eigenvalue weighted by molar-refractivity contribution is 5.73. The lowest BCUT2D eigenvalue weighted by atomic mass is 10.0. The molecule has 2 N–H and O–H groups in total. The van der Waals surface area contributed by atoms with E-state index < -0.39 is 11.1 Å². The first-order chi connectivity index (χ1) is 37.3. The minimum Gasteiger partial charge on any atom is -0.381 e. The predicted octanol–water partition coefficient (Wildman–Crippen LogP) is 8.79. The Kier molecular flexibility index (Phi) is 26.8. The Morgan fingerprint density at radius 2 is 1.10 bits per heavy atom. The summed E-state index contributed by atoms with van der Waals surface area (Å²) < 4.78 is 34.4. The summed E-state index contributed by atoms with van der Waals surface area (Å²) in [4.78, 5) is 24.3. The molecule has 79 heavy (non-hydrogen) atoms. The summed E-state index contributed by atoms with van der Waals surface area (Å²) in [6.07, 6.45) is 16.0. The second-order valence-electron chi connectivity index (χ2n) is 23.6. The maximum atomic E-state index is 11.3. The third-order valence-electron chi connectivity index (χ3n) is 13.4. The van der Waals surface area contributed by atoms with Gasteiger partial charge in [0.05, 0.1) is 82.9 Å². The fraction of sp³-hybridized carbons (Fsp3) is 0.705. The van der Waals surface area contributed by atoms with Crippen molar-refractivity contribution >= 4 is 5.91 Å². The lowest BCUT2D eigenvalue weighted by Crippen LogP contribution is -2.50. The number of hydrogen-bond acceptors (Lipinski definition) is 12. The Bertz CT molecular complexity index is 2600. The number of aromatic amines is 1. The zero-order chi connectivity index (χ0) is 58.3. The fourth-order valence-corrected chi connectivity index (χ4v) is 7.90. The molecule has 9 rings (SSSR count). The highest BCUT2D eigenvalue weighted by atomic mass is 16.5. The van der Waals surface area contributed by atoms with Crippen molar-refractivity contribution in [3.8, 4) is 35.5 Å². The van der Waals surface area contributed by atoms with Crippen LogP contribution in [-0.4, -0.2) is 145 Å². The van der Waals surface area contributed by atoms with Gasteiger partial charge in [0.1, 0.15) is 23.1 Å². The lowest BCUT2D eigenvalue weighted by molar-refractivity contribution is -0.139. The summed E-state index contributed by atoms with van der Waals surface area (Å²) in [6.45, 7) is 44.1. The van der Waals surface area contributed by atoms with Gasteiger partial charge in [-0.3, -0.25) is 23.4 Å². The van der Waals surface area contributed by atoms with Crippen LogP contribution < -0.4 is 11.0 Å². The third-order valence-corrected chi connectivity index (χ3v) is 13.4. The van der Waals surface area contributed by atoms with Gasteiger partial charge in [0, 0.05) is 76.1 Å². The summed E-state index contributed by atoms with van der Waals surface area (Å²) in [7, 11) is 0. The quantitative estimate of drug-likeness (QED) is 0.168. The maximum absolute atomic E-state index is 11.3. The van der Waals surface area contributed by atoms with Crippen LogP contribution >= 0.6 is 0 Å². The molecule has 2 atom stereocenters. The van der Waals surface area contributed by atoms with E-state index in [1.165, 1.54) is 27.6 Å². The smallest absolute Gasteiger partial charge is 0.344 e. The van der Waals surface area contributed by atoms with E-state index in [0.29, 0.717) is 73.3 Å². The van der Waals surface area contributed by atoms with Gasteiger partial charge in [-0.25, -0.2) is 9.89 Å². The van der Waals surface area contributed by atoms with Crippen LogP contribution in [0.1, 0.15) is 183 Å². The van der Waals surface area contributed by atoms with Crippen LogP contribution in [0.5, 0.6) is 0 Å². The number of hydrogen-bond donors (Lipinski definition) is 2. The minimum absolute atomic E-state index is 0.0934. The second kappa shape index (κ2) is 32.1. The zero-order valence-electron chi connectivity index (χ0n) is 51.0. The Labute approximate surface area is 473 Å². The molecule has 0 aromatic carbocycles. The highest BCUT2D eigenvalue weighted by Crippen LogP contribution is 2.24. The minimum atomic E-state index is -0.506. The summed E-state index contributed by atoms with van der Waals surface area (Å²) in [5.74, 6) is 21.5. The summed E-state index contributed by atoms with van der Waals surface area (Å²) in [5.41, 5.74) is 2.46. The molecule has 5 saturated heterocycles. The van der Waals surface area contributed by atoms with Crippen LogP contribution in [-0.2, 0) is 34.0 Å². The van der Waals surface area contributed by atoms with E-state index in [1.807, 2.05) is 83.3 Å². The number of rotatable bonds is 7. The Morgan fingerprint density at radius 1 is 0.646 bits per heavy atom. The third kappa shape index (κ3) is 22.9. The Hall–Kier alpha value is -5.52. The largest absolute Gasteiger partial charge is 0.381 e. The van der Waals surface area contributed by atoms with E-state index in [-0.39, 0.29) is 17.2 Å². The molecule has 0 bridgehead atoms. The first kappa shape index (κ1) is 66.0. The van der Waals surface area contributed by atoms with Crippen molar-refractivity contribution in [3.05, 3.63) is 70.7 Å². The van der Waals surface area contributed by atoms with E-state index in [0.717, 1.165) is 72.2 Å². The normalized spacial score (nSPS) is 20.4. The molecular weight excluding hydrogens is 999 g/mol. The molecule has 1 unspecified atom stereocenters. The van der Waals surface area contributed by atoms with Crippen LogP contribution in [0.3, 0.4) is 0 Å². The van der Waals surface area contributed by atoms with Crippen molar-refractivity contribution in [2.75, 3.05) is 79.0 Å². The summed E-state index contributed by atoms with van der Waals surface area (Å²) >= 11 is 0. The van der Waals surface area contributed by atoms with Crippen molar-refractivity contribution in [1.82, 2.24) is 54.3 Å². The van der Waals surface area contributed by atoms with E-state index in [4.69, 9.17) is 23.7 Å². The topological polar surface area (TPSA) is 183 Å². The van der Waals surface area contributed by atoms with Crippen molar-refractivity contribution in [2.45, 2.75) is 183 Å². The molecule has 0 radical (unpaired) electrons. The summed E-state index contributed by atoms with van der Waals surface area (Å²) in [6, 6.07) is 1.52. The molecule has 4 aromatic heterocycles. The van der Waals surface area contributed by atoms with Crippen molar-refractivity contribution in [3.63, 3.8) is 0 Å². The van der Waals surface area contributed by atoms with Gasteiger partial charge in [-0.1, -0.05) is 119 Å². The number of H-pyrrole nitrogens is 1. The molecule has 5 fully saturated rings. The van der Waals surface area contributed by atoms with Crippen molar-refractivity contribution in [2.24, 2.45) is 17.8 Å². The van der Waals surface area contributed by atoms with Crippen LogP contribution in [0.25, 0.3) is 0 Å². The number of amides is 1. The van der Waals surface area contributed by atoms with Gasteiger partial charge in [0.25, 0.3) is 0 Å². The van der Waals surface area contributed by atoms with Crippen molar-refractivity contribution < 1.29 is 28.5 Å². The average Bonchev–Trinajstić information content (AvgIpc) is 4.22. The first-order valence-corrected chi connectivity index (χ1v) is 28.6. The van der Waals surface area contributed by atoms with Crippen LogP contribution in [0.4, 0.5) is 0 Å². The van der Waals surface area contributed by atoms with Gasteiger partial charge in [0.15, 0.2) is 0 Å². The van der Waals surface area contributed by atoms with Gasteiger partial charge in [-0.15, -0.1) is 0 Å². The fourth-order valence-electron chi connectivity index (χ4n) is 7.90. The highest BCUT2D eigenvalue weighted by Gasteiger charge is 2.32. The first-order valence-electron chi connectivity index (χ1n) is 28.6. The number of nitrogens with zero attached hydrogens (tertiary/aromatic N) is 9. The lowest BCUT2D eigenvalue weighted by Gasteiger charge is -2.36. The molecule has 5 aliphatic heterocycles. The van der Waals surface area contributed by atoms with Crippen LogP contribution in [0.2, 0.25) is 0 Å². The van der Waals surface area contributed by atoms with Gasteiger partial charge < -0.3 is 33.9 Å². The number of aromatic nitrogens is 9. The number of morpholine rings is 2. The van der Waals surface area contributed by atoms with E-state index in [9.17, 15) is 9.59 Å². The monoisotopic (exact) mass is 1100 g/mol. The second-order valence-corrected chi connectivity index (χ2v) is 23.6. The predicted molar refractivity (Wildman–Crippen MR) is 312 cm³/mol. The Balaban J connectivity index is 0.000000205. The maximum Gasteiger partial charge on any atom is 0.344 e. The van der Waals surface area contributed by atoms with E-state index in [2.05, 4.69) is 145 Å². The van der Waals surface area contributed by atoms with Crippen LogP contribution in [0.15, 0.2) is 48.3 Å². The number of ether oxygens (including phenoxy) is 5.